The first-order valence-electron chi connectivity index (χ1n) is 6.83. The minimum Gasteiger partial charge on any atom is -0.351 e. The maximum atomic E-state index is 13.2. The number of fused-ring (bicyclic) bond motifs is 1. The minimum atomic E-state index is -2.54. The van der Waals surface area contributed by atoms with Crippen LogP contribution in [0.25, 0.3) is 0 Å². The van der Waals surface area contributed by atoms with Crippen LogP contribution in [-0.2, 0) is 6.42 Å². The molecular formula is C17H14F2N2. The predicted molar refractivity (Wildman–Crippen MR) is 77.2 cm³/mol. The maximum absolute atomic E-state index is 13.2. The Morgan fingerprint density at radius 2 is 1.81 bits per heavy atom. The third-order valence-electron chi connectivity index (χ3n) is 3.89. The van der Waals surface area contributed by atoms with Crippen LogP contribution in [0.3, 0.4) is 0 Å². The molecule has 0 N–H and O–H groups in total. The van der Waals surface area contributed by atoms with Crippen molar-refractivity contribution in [2.45, 2.75) is 18.9 Å². The molecule has 1 unspecified atom stereocenters. The zero-order valence-corrected chi connectivity index (χ0v) is 11.3. The first kappa shape index (κ1) is 13.6. The average Bonchev–Trinajstić information content (AvgIpc) is 2.53. The van der Waals surface area contributed by atoms with Gasteiger partial charge in [0.1, 0.15) is 6.04 Å². The van der Waals surface area contributed by atoms with E-state index in [1.165, 1.54) is 6.07 Å². The van der Waals surface area contributed by atoms with Gasteiger partial charge in [-0.1, -0.05) is 42.5 Å². The van der Waals surface area contributed by atoms with E-state index in [0.29, 0.717) is 12.2 Å². The lowest BCUT2D eigenvalue weighted by Gasteiger charge is -2.36. The van der Waals surface area contributed by atoms with Crippen molar-refractivity contribution in [1.82, 2.24) is 0 Å². The second-order valence-electron chi connectivity index (χ2n) is 5.03. The number of para-hydroxylation sites is 1. The Kier molecular flexibility index (Phi) is 3.57. The molecule has 0 amide bonds. The number of benzene rings is 2. The summed E-state index contributed by atoms with van der Waals surface area (Å²) < 4.78 is 26.4. The van der Waals surface area contributed by atoms with Gasteiger partial charge in [-0.05, 0) is 23.6 Å². The van der Waals surface area contributed by atoms with Crippen molar-refractivity contribution in [3.8, 4) is 6.07 Å². The van der Waals surface area contributed by atoms with E-state index in [9.17, 15) is 14.0 Å². The normalized spacial score (nSPS) is 17.4. The molecule has 1 aliphatic heterocycles. The van der Waals surface area contributed by atoms with Gasteiger partial charge in [0.25, 0.3) is 6.43 Å². The van der Waals surface area contributed by atoms with Gasteiger partial charge in [-0.25, -0.2) is 8.78 Å². The summed E-state index contributed by atoms with van der Waals surface area (Å²) in [7, 11) is 0. The zero-order chi connectivity index (χ0) is 14.8. The van der Waals surface area contributed by atoms with E-state index in [4.69, 9.17) is 0 Å². The van der Waals surface area contributed by atoms with E-state index < -0.39 is 12.5 Å². The summed E-state index contributed by atoms with van der Waals surface area (Å²) in [6, 6.07) is 15.9. The molecule has 0 aromatic heterocycles. The SMILES string of the molecule is N#CC1c2ccccc2CCN1c1ccccc1C(F)F. The van der Waals surface area contributed by atoms with E-state index in [0.717, 1.165) is 17.5 Å². The highest BCUT2D eigenvalue weighted by Gasteiger charge is 2.29. The fourth-order valence-electron chi connectivity index (χ4n) is 2.90. The highest BCUT2D eigenvalue weighted by atomic mass is 19.3. The number of alkyl halides is 2. The van der Waals surface area contributed by atoms with Gasteiger partial charge in [0.15, 0.2) is 0 Å². The largest absolute Gasteiger partial charge is 0.351 e. The molecule has 2 nitrogen and oxygen atoms in total. The van der Waals surface area contributed by atoms with Crippen molar-refractivity contribution >= 4 is 5.69 Å². The van der Waals surface area contributed by atoms with Gasteiger partial charge in [0.2, 0.25) is 0 Å². The van der Waals surface area contributed by atoms with E-state index in [1.807, 2.05) is 24.3 Å². The lowest BCUT2D eigenvalue weighted by Crippen LogP contribution is -2.35. The molecule has 0 saturated heterocycles. The molecule has 0 fully saturated rings. The van der Waals surface area contributed by atoms with Crippen LogP contribution in [-0.4, -0.2) is 6.54 Å². The monoisotopic (exact) mass is 284 g/mol. The predicted octanol–water partition coefficient (Wildman–Crippen LogP) is 4.25. The summed E-state index contributed by atoms with van der Waals surface area (Å²) >= 11 is 0. The molecule has 0 radical (unpaired) electrons. The van der Waals surface area contributed by atoms with E-state index in [-0.39, 0.29) is 5.56 Å². The van der Waals surface area contributed by atoms with Gasteiger partial charge in [0, 0.05) is 17.8 Å². The van der Waals surface area contributed by atoms with Crippen molar-refractivity contribution in [1.29, 1.82) is 5.26 Å². The van der Waals surface area contributed by atoms with Gasteiger partial charge in [0.05, 0.1) is 6.07 Å². The van der Waals surface area contributed by atoms with Gasteiger partial charge < -0.3 is 4.90 Å². The number of anilines is 1. The van der Waals surface area contributed by atoms with E-state index in [1.54, 1.807) is 23.1 Å². The van der Waals surface area contributed by atoms with Crippen molar-refractivity contribution in [3.05, 3.63) is 65.2 Å². The first-order valence-corrected chi connectivity index (χ1v) is 6.83. The Morgan fingerprint density at radius 3 is 2.57 bits per heavy atom. The molecular weight excluding hydrogens is 270 g/mol. The Hall–Kier alpha value is -2.41. The fraction of sp³-hybridized carbons (Fsp3) is 0.235. The number of hydrogen-bond acceptors (Lipinski definition) is 2. The van der Waals surface area contributed by atoms with Crippen LogP contribution in [0.2, 0.25) is 0 Å². The first-order chi connectivity index (χ1) is 10.2. The Balaban J connectivity index is 2.07. The third kappa shape index (κ3) is 2.36. The summed E-state index contributed by atoms with van der Waals surface area (Å²) in [4.78, 5) is 1.78. The topological polar surface area (TPSA) is 27.0 Å². The molecule has 4 heteroatoms. The summed E-state index contributed by atoms with van der Waals surface area (Å²) in [5.74, 6) is 0. The van der Waals surface area contributed by atoms with Crippen LogP contribution < -0.4 is 4.90 Å². The second-order valence-corrected chi connectivity index (χ2v) is 5.03. The highest BCUT2D eigenvalue weighted by molar-refractivity contribution is 5.59. The van der Waals surface area contributed by atoms with Crippen LogP contribution in [0.1, 0.15) is 29.2 Å². The van der Waals surface area contributed by atoms with Crippen LogP contribution in [0.5, 0.6) is 0 Å². The molecule has 2 aromatic carbocycles. The molecule has 0 saturated carbocycles. The summed E-state index contributed by atoms with van der Waals surface area (Å²) in [6.45, 7) is 0.568. The van der Waals surface area contributed by atoms with E-state index >= 15 is 0 Å². The van der Waals surface area contributed by atoms with Gasteiger partial charge in [-0.15, -0.1) is 0 Å². The van der Waals surface area contributed by atoms with Crippen LogP contribution >= 0.6 is 0 Å². The molecule has 0 bridgehead atoms. The Morgan fingerprint density at radius 1 is 1.10 bits per heavy atom. The molecule has 2 aromatic rings. The average molecular weight is 284 g/mol. The summed E-state index contributed by atoms with van der Waals surface area (Å²) in [6.07, 6.45) is -1.79. The molecule has 1 aliphatic rings. The fourth-order valence-corrected chi connectivity index (χ4v) is 2.90. The summed E-state index contributed by atoms with van der Waals surface area (Å²) in [5.41, 5.74) is 2.47. The number of rotatable bonds is 2. The molecule has 1 heterocycles. The van der Waals surface area contributed by atoms with Crippen LogP contribution in [0, 0.1) is 11.3 Å². The maximum Gasteiger partial charge on any atom is 0.265 e. The van der Waals surface area contributed by atoms with Crippen molar-refractivity contribution in [2.75, 3.05) is 11.4 Å². The Labute approximate surface area is 122 Å². The molecule has 1 atom stereocenters. The lowest BCUT2D eigenvalue weighted by molar-refractivity contribution is 0.151. The van der Waals surface area contributed by atoms with Crippen molar-refractivity contribution < 1.29 is 8.78 Å². The van der Waals surface area contributed by atoms with Gasteiger partial charge in [-0.2, -0.15) is 5.26 Å². The number of nitriles is 1. The van der Waals surface area contributed by atoms with E-state index in [2.05, 4.69) is 6.07 Å². The van der Waals surface area contributed by atoms with Crippen LogP contribution in [0.4, 0.5) is 14.5 Å². The lowest BCUT2D eigenvalue weighted by atomic mass is 9.92. The molecule has 0 aliphatic carbocycles. The van der Waals surface area contributed by atoms with Crippen molar-refractivity contribution in [2.24, 2.45) is 0 Å². The van der Waals surface area contributed by atoms with Gasteiger partial charge >= 0.3 is 0 Å². The third-order valence-corrected chi connectivity index (χ3v) is 3.89. The standard InChI is InChI=1S/C17H14F2N2/c18-17(19)14-7-3-4-8-15(14)21-10-9-12-5-1-2-6-13(12)16(21)11-20/h1-8,16-17H,9-10H2. The van der Waals surface area contributed by atoms with Crippen LogP contribution in [0.15, 0.2) is 48.5 Å². The second kappa shape index (κ2) is 5.53. The number of nitrogens with zero attached hydrogens (tertiary/aromatic N) is 2. The number of hydrogen-bond donors (Lipinski definition) is 0. The minimum absolute atomic E-state index is 0.0165. The van der Waals surface area contributed by atoms with Crippen molar-refractivity contribution in [3.63, 3.8) is 0 Å². The van der Waals surface area contributed by atoms with Gasteiger partial charge in [-0.3, -0.25) is 0 Å². The molecule has 21 heavy (non-hydrogen) atoms. The molecule has 0 spiro atoms. The zero-order valence-electron chi connectivity index (χ0n) is 11.3. The molecule has 3 rings (SSSR count). The Bertz CT molecular complexity index is 691. The molecule has 106 valence electrons. The summed E-state index contributed by atoms with van der Waals surface area (Å²) in [5, 5.41) is 9.52. The highest BCUT2D eigenvalue weighted by Crippen LogP contribution is 2.37. The quantitative estimate of drug-likeness (QED) is 0.824. The smallest absolute Gasteiger partial charge is 0.265 e. The number of halogens is 2.